The molecule has 6 nitrogen and oxygen atoms in total. The van der Waals surface area contributed by atoms with Crippen molar-refractivity contribution in [3.8, 4) is 0 Å². The van der Waals surface area contributed by atoms with Gasteiger partial charge in [-0.05, 0) is 9.13 Å². The molecule has 4 N–H and O–H groups in total. The van der Waals surface area contributed by atoms with Gasteiger partial charge in [-0.2, -0.15) is 9.79 Å². The Morgan fingerprint density at radius 2 is 0.875 bits per heavy atom. The van der Waals surface area contributed by atoms with E-state index in [1.807, 2.05) is 0 Å². The van der Waals surface area contributed by atoms with E-state index in [9.17, 15) is 9.13 Å². The van der Waals surface area contributed by atoms with Crippen molar-refractivity contribution in [1.29, 1.82) is 0 Å². The van der Waals surface area contributed by atoms with Gasteiger partial charge in [-0.1, -0.05) is 0 Å². The van der Waals surface area contributed by atoms with Crippen molar-refractivity contribution in [2.24, 2.45) is 0 Å². The smallest absolute Gasteiger partial charge is 0.347 e. The molecule has 2 unspecified atom stereocenters. The van der Waals surface area contributed by atoms with E-state index in [1.165, 1.54) is 27.7 Å². The van der Waals surface area contributed by atoms with Gasteiger partial charge in [0, 0.05) is 27.7 Å². The molecule has 0 radical (unpaired) electrons. The van der Waals surface area contributed by atoms with E-state index < -0.39 is 26.7 Å². The molecule has 0 aliphatic carbocycles. The van der Waals surface area contributed by atoms with Crippen LogP contribution in [0.1, 0.15) is 27.7 Å². The normalized spacial score (nSPS) is 12.5. The molecule has 0 spiro atoms. The van der Waals surface area contributed by atoms with Gasteiger partial charge in [-0.25, -0.2) is 0 Å². The molecule has 0 bridgehead atoms. The molecule has 0 aromatic rings. The maximum Gasteiger partial charge on any atom is 0.540 e. The predicted molar refractivity (Wildman–Crippen MR) is 63.5 cm³/mol. The Labute approximate surface area is 97.4 Å². The Bertz CT molecular complexity index is 204. The first-order chi connectivity index (χ1) is 6.89. The Balaban J connectivity index is -0.000000183. The van der Waals surface area contributed by atoms with Crippen LogP contribution < -0.4 is 0 Å². The van der Waals surface area contributed by atoms with E-state index in [0.29, 0.717) is 0 Å². The predicted octanol–water partition coefficient (Wildman–Crippen LogP) is 1.70. The van der Waals surface area contributed by atoms with Gasteiger partial charge in [0.05, 0.1) is 0 Å². The van der Waals surface area contributed by atoms with Crippen molar-refractivity contribution in [2.75, 3.05) is 0 Å². The van der Waals surface area contributed by atoms with Crippen LogP contribution in [-0.2, 0) is 9.13 Å². The minimum Gasteiger partial charge on any atom is -0.347 e. The second-order valence-corrected chi connectivity index (χ2v) is 6.82. The zero-order valence-corrected chi connectivity index (χ0v) is 11.7. The molecule has 2 atom stereocenters. The van der Waals surface area contributed by atoms with Crippen LogP contribution in [0.2, 0.25) is 0 Å². The minimum absolute atomic E-state index is 1.28. The third-order valence-corrected chi connectivity index (χ3v) is 2.81. The molecule has 0 aromatic carbocycles. The number of hydrogen-bond acceptors (Lipinski definition) is 4. The highest BCUT2D eigenvalue weighted by Crippen LogP contribution is 2.31. The molecule has 8 heteroatoms. The van der Waals surface area contributed by atoms with Gasteiger partial charge in [-0.15, -0.1) is 13.2 Å². The van der Waals surface area contributed by atoms with E-state index in [-0.39, 0.29) is 0 Å². The van der Waals surface area contributed by atoms with Crippen LogP contribution >= 0.6 is 16.1 Å². The molecule has 0 fully saturated rings. The average molecular weight is 274 g/mol. The van der Waals surface area contributed by atoms with Crippen molar-refractivity contribution in [3.63, 3.8) is 0 Å². The van der Waals surface area contributed by atoms with E-state index in [4.69, 9.17) is 20.0 Å². The lowest BCUT2D eigenvalue weighted by molar-refractivity contribution is 0.155. The third-order valence-electron chi connectivity index (χ3n) is 0.936. The summed E-state index contributed by atoms with van der Waals surface area (Å²) >= 11 is 0. The number of rotatable bonds is 2. The fourth-order valence-corrected chi connectivity index (χ4v) is 0. The molecule has 96 valence electrons. The average Bonchev–Trinajstić information content (AvgIpc) is 2.05. The summed E-state index contributed by atoms with van der Waals surface area (Å²) in [5, 5.41) is 14.3. The molecular formula is C8H20O6P2+2. The van der Waals surface area contributed by atoms with Crippen LogP contribution in [0.5, 0.6) is 0 Å². The van der Waals surface area contributed by atoms with Crippen molar-refractivity contribution >= 4 is 16.1 Å². The lowest BCUT2D eigenvalue weighted by Crippen LogP contribution is -2.11. The maximum atomic E-state index is 9.92. The highest BCUT2D eigenvalue weighted by molar-refractivity contribution is 7.39. The van der Waals surface area contributed by atoms with Crippen molar-refractivity contribution in [2.45, 2.75) is 38.4 Å². The standard InChI is InChI=1S/2C3H7O3P.C2H4/c2*1-3(2,4)7(5)6;1-2/h2*4H,1-2H3;1-2H2/p+2. The monoisotopic (exact) mass is 274 g/mol. The Morgan fingerprint density at radius 3 is 0.875 bits per heavy atom. The second kappa shape index (κ2) is 8.88. The third kappa shape index (κ3) is 16.2. The zero-order valence-electron chi connectivity index (χ0n) is 9.91. The van der Waals surface area contributed by atoms with Gasteiger partial charge in [0.2, 0.25) is 0 Å². The number of aliphatic hydroxyl groups is 2. The maximum absolute atomic E-state index is 9.92. The van der Waals surface area contributed by atoms with E-state index in [2.05, 4.69) is 13.2 Å². The lowest BCUT2D eigenvalue weighted by atomic mass is 10.5. The van der Waals surface area contributed by atoms with E-state index >= 15 is 0 Å². The second-order valence-electron chi connectivity index (χ2n) is 3.53. The summed E-state index contributed by atoms with van der Waals surface area (Å²) in [5.41, 5.74) is 0. The highest BCUT2D eigenvalue weighted by Gasteiger charge is 2.36. The van der Waals surface area contributed by atoms with E-state index in [0.717, 1.165) is 0 Å². The summed E-state index contributed by atoms with van der Waals surface area (Å²) in [7, 11) is -4.87. The Kier molecular flexibility index (Phi) is 11.7. The van der Waals surface area contributed by atoms with Gasteiger partial charge < -0.3 is 10.2 Å². The first-order valence-electron chi connectivity index (χ1n) is 4.16. The molecule has 0 rings (SSSR count). The summed E-state index contributed by atoms with van der Waals surface area (Å²) in [6.07, 6.45) is 0. The molecule has 0 aliphatic rings. The molecule has 0 heterocycles. The highest BCUT2D eigenvalue weighted by atomic mass is 31.1. The molecule has 0 saturated heterocycles. The summed E-state index contributed by atoms with van der Waals surface area (Å²) < 4.78 is 19.8. The number of hydrogen-bond donors (Lipinski definition) is 4. The fourth-order valence-electron chi connectivity index (χ4n) is 0. The minimum atomic E-state index is -2.44. The summed E-state index contributed by atoms with van der Waals surface area (Å²) in [4.78, 5) is 16.3. The van der Waals surface area contributed by atoms with Gasteiger partial charge in [0.15, 0.2) is 0 Å². The summed E-state index contributed by atoms with van der Waals surface area (Å²) in [6.45, 7) is 11.1. The van der Waals surface area contributed by atoms with Crippen molar-refractivity contribution < 1.29 is 29.1 Å². The molecule has 16 heavy (non-hydrogen) atoms. The van der Waals surface area contributed by atoms with Gasteiger partial charge >= 0.3 is 16.1 Å². The Morgan fingerprint density at radius 1 is 0.812 bits per heavy atom. The zero-order chi connectivity index (χ0) is 14.2. The summed E-state index contributed by atoms with van der Waals surface area (Å²) in [6, 6.07) is 0. The Hall–Kier alpha value is -0.220. The fraction of sp³-hybridized carbons (Fsp3) is 0.750. The first kappa shape index (κ1) is 21.1. The first-order valence-corrected chi connectivity index (χ1v) is 6.58. The van der Waals surface area contributed by atoms with Crippen molar-refractivity contribution in [3.05, 3.63) is 13.2 Å². The van der Waals surface area contributed by atoms with Gasteiger partial charge in [-0.3, -0.25) is 0 Å². The van der Waals surface area contributed by atoms with Gasteiger partial charge in [0.1, 0.15) is 0 Å². The van der Waals surface area contributed by atoms with Crippen LogP contribution in [0, 0.1) is 0 Å². The van der Waals surface area contributed by atoms with Crippen LogP contribution in [0.25, 0.3) is 0 Å². The molecule has 0 aliphatic heterocycles. The van der Waals surface area contributed by atoms with Crippen molar-refractivity contribution in [1.82, 2.24) is 0 Å². The largest absolute Gasteiger partial charge is 0.540 e. The van der Waals surface area contributed by atoms with Crippen LogP contribution in [0.15, 0.2) is 13.2 Å². The quantitative estimate of drug-likeness (QED) is 0.450. The summed E-state index contributed by atoms with van der Waals surface area (Å²) in [5.74, 6) is 0. The topological polar surface area (TPSA) is 115 Å². The van der Waals surface area contributed by atoms with E-state index in [1.54, 1.807) is 0 Å². The van der Waals surface area contributed by atoms with Crippen LogP contribution in [0.4, 0.5) is 0 Å². The van der Waals surface area contributed by atoms with Crippen LogP contribution in [0.3, 0.4) is 0 Å². The SMILES string of the molecule is C=C.CC(C)(O)[P+](=O)O.CC(C)(O)[P+](=O)O. The van der Waals surface area contributed by atoms with Gasteiger partial charge in [0.25, 0.3) is 10.7 Å². The molecule has 0 saturated carbocycles. The molecule has 0 amide bonds. The van der Waals surface area contributed by atoms with Crippen LogP contribution in [-0.4, -0.2) is 30.7 Å². The molecule has 0 aromatic heterocycles. The lowest BCUT2D eigenvalue weighted by Gasteiger charge is -1.95. The molecular weight excluding hydrogens is 254 g/mol.